The molecule has 0 fully saturated rings. The van der Waals surface area contributed by atoms with Gasteiger partial charge in [-0.2, -0.15) is 5.26 Å². The van der Waals surface area contributed by atoms with Gasteiger partial charge >= 0.3 is 0 Å². The molecule has 30 heavy (non-hydrogen) atoms. The van der Waals surface area contributed by atoms with Gasteiger partial charge < -0.3 is 9.47 Å². The van der Waals surface area contributed by atoms with Crippen LogP contribution in [0.15, 0.2) is 21.6 Å². The number of methoxy groups -OCH3 is 1. The van der Waals surface area contributed by atoms with Gasteiger partial charge in [-0.15, -0.1) is 17.8 Å². The first kappa shape index (κ1) is 22.4. The van der Waals surface area contributed by atoms with Gasteiger partial charge in [0, 0.05) is 11.1 Å². The number of halogens is 1. The fraction of sp³-hybridized carbons (Fsp3) is 0.417. The molecule has 1 aromatic carbocycles. The standard InChI is InChI=1S/C24H25BrN2O2S/c1-6-9-29-22-19(25)10-15(11-20(22)28-5)14-27-23-18(13-26)17-8-7-16(24(2,3)4)12-21(17)30-23/h1,10-11,14,16H,7-9,12H2,2-5H3/t16-/m0/s1. The molecule has 0 N–H and O–H groups in total. The van der Waals surface area contributed by atoms with Crippen LogP contribution in [0.25, 0.3) is 0 Å². The molecule has 4 nitrogen and oxygen atoms in total. The first-order chi connectivity index (χ1) is 14.3. The van der Waals surface area contributed by atoms with Crippen LogP contribution in [0.3, 0.4) is 0 Å². The van der Waals surface area contributed by atoms with Crippen LogP contribution < -0.4 is 9.47 Å². The Morgan fingerprint density at radius 3 is 2.80 bits per heavy atom. The van der Waals surface area contributed by atoms with Crippen molar-refractivity contribution in [3.63, 3.8) is 0 Å². The smallest absolute Gasteiger partial charge is 0.176 e. The van der Waals surface area contributed by atoms with Gasteiger partial charge in [-0.25, -0.2) is 4.99 Å². The van der Waals surface area contributed by atoms with Crippen molar-refractivity contribution in [3.05, 3.63) is 38.2 Å². The number of hydrogen-bond donors (Lipinski definition) is 0. The second kappa shape index (κ2) is 9.25. The molecule has 0 bridgehead atoms. The van der Waals surface area contributed by atoms with E-state index >= 15 is 0 Å². The summed E-state index contributed by atoms with van der Waals surface area (Å²) in [5.41, 5.74) is 3.02. The lowest BCUT2D eigenvalue weighted by molar-refractivity contribution is 0.218. The number of thiophene rings is 1. The highest BCUT2D eigenvalue weighted by Crippen LogP contribution is 2.45. The summed E-state index contributed by atoms with van der Waals surface area (Å²) in [7, 11) is 1.58. The summed E-state index contributed by atoms with van der Waals surface area (Å²) in [5.74, 6) is 4.21. The maximum Gasteiger partial charge on any atom is 0.176 e. The van der Waals surface area contributed by atoms with Crippen LogP contribution in [0, 0.1) is 35.0 Å². The zero-order chi connectivity index (χ0) is 21.9. The molecule has 0 aliphatic heterocycles. The number of rotatable bonds is 5. The molecule has 0 unspecified atom stereocenters. The third-order valence-electron chi connectivity index (χ3n) is 5.47. The van der Waals surface area contributed by atoms with Crippen LogP contribution in [-0.2, 0) is 12.8 Å². The van der Waals surface area contributed by atoms with Crippen molar-refractivity contribution in [2.45, 2.75) is 40.0 Å². The molecule has 1 aliphatic carbocycles. The number of hydrogen-bond acceptors (Lipinski definition) is 5. The van der Waals surface area contributed by atoms with Crippen LogP contribution in [0.5, 0.6) is 11.5 Å². The molecule has 156 valence electrons. The molecule has 1 aromatic heterocycles. The highest BCUT2D eigenvalue weighted by atomic mass is 79.9. The van der Waals surface area contributed by atoms with Crippen LogP contribution >= 0.6 is 27.3 Å². The van der Waals surface area contributed by atoms with E-state index in [2.05, 4.69) is 53.7 Å². The number of fused-ring (bicyclic) bond motifs is 1. The summed E-state index contributed by atoms with van der Waals surface area (Å²) in [6.45, 7) is 7.04. The molecule has 1 heterocycles. The Labute approximate surface area is 191 Å². The zero-order valence-electron chi connectivity index (χ0n) is 17.7. The fourth-order valence-electron chi connectivity index (χ4n) is 3.72. The zero-order valence-corrected chi connectivity index (χ0v) is 20.1. The molecular formula is C24H25BrN2O2S. The van der Waals surface area contributed by atoms with Gasteiger partial charge in [0.1, 0.15) is 17.7 Å². The van der Waals surface area contributed by atoms with E-state index < -0.39 is 0 Å². The van der Waals surface area contributed by atoms with Crippen LogP contribution in [-0.4, -0.2) is 19.9 Å². The van der Waals surface area contributed by atoms with E-state index in [1.54, 1.807) is 24.7 Å². The molecule has 0 amide bonds. The highest BCUT2D eigenvalue weighted by molar-refractivity contribution is 9.10. The molecule has 1 aliphatic rings. The van der Waals surface area contributed by atoms with E-state index in [1.807, 2.05) is 12.1 Å². The van der Waals surface area contributed by atoms with Crippen molar-refractivity contribution in [2.24, 2.45) is 16.3 Å². The number of nitrogens with zero attached hydrogens (tertiary/aromatic N) is 2. The molecule has 0 radical (unpaired) electrons. The van der Waals surface area contributed by atoms with Gasteiger partial charge in [0.25, 0.3) is 0 Å². The van der Waals surface area contributed by atoms with Gasteiger partial charge in [0.2, 0.25) is 0 Å². The largest absolute Gasteiger partial charge is 0.493 e. The van der Waals surface area contributed by atoms with E-state index in [0.29, 0.717) is 17.4 Å². The third kappa shape index (κ3) is 4.72. The fourth-order valence-corrected chi connectivity index (χ4v) is 5.51. The minimum atomic E-state index is 0.157. The average molecular weight is 485 g/mol. The predicted molar refractivity (Wildman–Crippen MR) is 126 cm³/mol. The number of nitriles is 1. The quantitative estimate of drug-likeness (QED) is 0.369. The Morgan fingerprint density at radius 2 is 2.17 bits per heavy atom. The lowest BCUT2D eigenvalue weighted by Crippen LogP contribution is -2.26. The first-order valence-electron chi connectivity index (χ1n) is 9.81. The van der Waals surface area contributed by atoms with E-state index in [9.17, 15) is 5.26 Å². The number of aliphatic imine (C=N–C) groups is 1. The summed E-state index contributed by atoms with van der Waals surface area (Å²) < 4.78 is 11.7. The lowest BCUT2D eigenvalue weighted by atomic mass is 9.72. The molecule has 0 saturated heterocycles. The van der Waals surface area contributed by atoms with Crippen molar-refractivity contribution in [2.75, 3.05) is 13.7 Å². The van der Waals surface area contributed by atoms with E-state index in [4.69, 9.17) is 15.9 Å². The van der Waals surface area contributed by atoms with E-state index in [0.717, 1.165) is 39.9 Å². The SMILES string of the molecule is C#CCOc1c(Br)cc(C=Nc2sc3c(c2C#N)CC[C@H](C(C)(C)C)C3)cc1OC. The summed E-state index contributed by atoms with van der Waals surface area (Å²) in [6.07, 6.45) is 10.1. The Balaban J connectivity index is 1.90. The number of benzene rings is 1. The second-order valence-corrected chi connectivity index (χ2v) is 10.3. The molecular weight excluding hydrogens is 460 g/mol. The van der Waals surface area contributed by atoms with Gasteiger partial charge in [-0.3, -0.25) is 0 Å². The highest BCUT2D eigenvalue weighted by Gasteiger charge is 2.32. The van der Waals surface area contributed by atoms with Gasteiger partial charge in [0.05, 0.1) is 17.1 Å². The Kier molecular flexibility index (Phi) is 6.91. The first-order valence-corrected chi connectivity index (χ1v) is 11.4. The summed E-state index contributed by atoms with van der Waals surface area (Å²) in [6, 6.07) is 6.12. The van der Waals surface area contributed by atoms with E-state index in [1.165, 1.54) is 10.4 Å². The van der Waals surface area contributed by atoms with E-state index in [-0.39, 0.29) is 12.0 Å². The van der Waals surface area contributed by atoms with Crippen molar-refractivity contribution < 1.29 is 9.47 Å². The van der Waals surface area contributed by atoms with Gasteiger partial charge in [-0.05, 0) is 69.8 Å². The van der Waals surface area contributed by atoms with Crippen molar-refractivity contribution in [1.29, 1.82) is 5.26 Å². The number of ether oxygens (including phenoxy) is 2. The van der Waals surface area contributed by atoms with Crippen molar-refractivity contribution in [1.82, 2.24) is 0 Å². The molecule has 2 aromatic rings. The van der Waals surface area contributed by atoms with Gasteiger partial charge in [-0.1, -0.05) is 26.7 Å². The van der Waals surface area contributed by atoms with Gasteiger partial charge in [0.15, 0.2) is 11.5 Å². The average Bonchev–Trinajstić information content (AvgIpc) is 3.07. The van der Waals surface area contributed by atoms with Crippen molar-refractivity contribution in [3.8, 4) is 29.9 Å². The molecule has 6 heteroatoms. The molecule has 0 saturated carbocycles. The van der Waals surface area contributed by atoms with Crippen LogP contribution in [0.2, 0.25) is 0 Å². The van der Waals surface area contributed by atoms with Crippen LogP contribution in [0.1, 0.15) is 48.8 Å². The third-order valence-corrected chi connectivity index (χ3v) is 7.22. The summed E-state index contributed by atoms with van der Waals surface area (Å²) in [5, 5.41) is 10.5. The maximum absolute atomic E-state index is 9.75. The predicted octanol–water partition coefficient (Wildman–Crippen LogP) is 6.30. The summed E-state index contributed by atoms with van der Waals surface area (Å²) in [4.78, 5) is 5.98. The minimum absolute atomic E-state index is 0.157. The topological polar surface area (TPSA) is 54.6 Å². The maximum atomic E-state index is 9.75. The molecule has 3 rings (SSSR count). The number of terminal acetylenes is 1. The molecule has 0 spiro atoms. The minimum Gasteiger partial charge on any atom is -0.493 e. The lowest BCUT2D eigenvalue weighted by Gasteiger charge is -2.33. The second-order valence-electron chi connectivity index (χ2n) is 8.39. The van der Waals surface area contributed by atoms with Crippen molar-refractivity contribution >= 4 is 38.5 Å². The Bertz CT molecular complexity index is 1050. The van der Waals surface area contributed by atoms with Crippen LogP contribution in [0.4, 0.5) is 5.00 Å². The Morgan fingerprint density at radius 1 is 1.40 bits per heavy atom. The Hall–Kier alpha value is -2.28. The summed E-state index contributed by atoms with van der Waals surface area (Å²) >= 11 is 5.15. The normalized spacial score (nSPS) is 16.0. The monoisotopic (exact) mass is 484 g/mol. The molecule has 1 atom stereocenters.